The number of carbonyl (C=O) groups is 2. The van der Waals surface area contributed by atoms with Crippen molar-refractivity contribution in [3.63, 3.8) is 0 Å². The van der Waals surface area contributed by atoms with E-state index in [4.69, 9.17) is 4.74 Å². The first-order valence-corrected chi connectivity index (χ1v) is 8.81. The van der Waals surface area contributed by atoms with Crippen LogP contribution in [0.15, 0.2) is 30.3 Å². The van der Waals surface area contributed by atoms with Gasteiger partial charge in [-0.1, -0.05) is 12.1 Å². The van der Waals surface area contributed by atoms with E-state index in [1.54, 1.807) is 7.11 Å². The number of methoxy groups -OCH3 is 1. The average molecular weight is 344 g/mol. The van der Waals surface area contributed by atoms with Crippen molar-refractivity contribution in [2.24, 2.45) is 0 Å². The molecule has 24 heavy (non-hydrogen) atoms. The fraction of sp³-hybridized carbons (Fsp3) is 0.333. The minimum absolute atomic E-state index is 0.205. The number of fused-ring (bicyclic) bond motifs is 1. The van der Waals surface area contributed by atoms with Gasteiger partial charge in [-0.2, -0.15) is 0 Å². The number of carbonyl (C=O) groups excluding carboxylic acids is 2. The Hall–Kier alpha value is -2.34. The second-order valence-electron chi connectivity index (χ2n) is 5.76. The molecule has 2 amide bonds. The highest BCUT2D eigenvalue weighted by Gasteiger charge is 2.18. The first kappa shape index (κ1) is 16.5. The summed E-state index contributed by atoms with van der Waals surface area (Å²) in [6, 6.07) is 9.53. The molecule has 0 radical (unpaired) electrons. The van der Waals surface area contributed by atoms with E-state index in [-0.39, 0.29) is 11.8 Å². The Morgan fingerprint density at radius 2 is 1.96 bits per heavy atom. The van der Waals surface area contributed by atoms with Gasteiger partial charge in [0.1, 0.15) is 5.75 Å². The lowest BCUT2D eigenvalue weighted by molar-refractivity contribution is -0.121. The first-order chi connectivity index (χ1) is 11.7. The van der Waals surface area contributed by atoms with Gasteiger partial charge in [0, 0.05) is 11.3 Å². The van der Waals surface area contributed by atoms with Crippen molar-refractivity contribution < 1.29 is 14.3 Å². The van der Waals surface area contributed by atoms with Crippen molar-refractivity contribution in [2.75, 3.05) is 7.11 Å². The van der Waals surface area contributed by atoms with Gasteiger partial charge in [-0.15, -0.1) is 11.3 Å². The molecule has 1 aliphatic rings. The molecule has 126 valence electrons. The molecule has 0 fully saturated rings. The third kappa shape index (κ3) is 3.94. The molecule has 0 unspecified atom stereocenters. The van der Waals surface area contributed by atoms with E-state index in [0.717, 1.165) is 24.2 Å². The maximum absolute atomic E-state index is 12.1. The van der Waals surface area contributed by atoms with Crippen LogP contribution in [0.1, 0.15) is 38.5 Å². The van der Waals surface area contributed by atoms with Crippen LogP contribution in [-0.2, 0) is 24.1 Å². The summed E-state index contributed by atoms with van der Waals surface area (Å²) in [5.74, 6) is 0.341. The van der Waals surface area contributed by atoms with Crippen LogP contribution in [-0.4, -0.2) is 18.9 Å². The smallest absolute Gasteiger partial charge is 0.279 e. The van der Waals surface area contributed by atoms with Crippen molar-refractivity contribution in [2.45, 2.75) is 32.1 Å². The molecule has 1 aromatic heterocycles. The topological polar surface area (TPSA) is 67.4 Å². The second kappa shape index (κ2) is 7.49. The highest BCUT2D eigenvalue weighted by molar-refractivity contribution is 7.14. The number of ether oxygens (including phenoxy) is 1. The molecular formula is C18H20N2O3S. The molecular weight excluding hydrogens is 324 g/mol. The van der Waals surface area contributed by atoms with Crippen LogP contribution in [0.2, 0.25) is 0 Å². The third-order valence-corrected chi connectivity index (χ3v) is 5.32. The largest absolute Gasteiger partial charge is 0.497 e. The molecule has 5 nitrogen and oxygen atoms in total. The normalized spacial score (nSPS) is 12.5. The van der Waals surface area contributed by atoms with E-state index in [1.165, 1.54) is 28.2 Å². The van der Waals surface area contributed by atoms with E-state index in [0.29, 0.717) is 17.7 Å². The predicted molar refractivity (Wildman–Crippen MR) is 93.3 cm³/mol. The van der Waals surface area contributed by atoms with Gasteiger partial charge in [-0.25, -0.2) is 0 Å². The molecule has 0 saturated heterocycles. The standard InChI is InChI=1S/C18H20N2O3S/c1-23-14-8-5-12(6-9-14)7-10-17(21)19-20-18(22)16-11-13-3-2-4-15(13)24-16/h5-6,8-9,11H,2-4,7,10H2,1H3,(H,19,21)(H,20,22). The molecule has 3 rings (SSSR count). The Bertz CT molecular complexity index is 716. The van der Waals surface area contributed by atoms with Crippen LogP contribution in [0.4, 0.5) is 0 Å². The van der Waals surface area contributed by atoms with Crippen molar-refractivity contribution in [1.82, 2.24) is 10.9 Å². The summed E-state index contributed by atoms with van der Waals surface area (Å²) in [6.45, 7) is 0. The van der Waals surface area contributed by atoms with Gasteiger partial charge >= 0.3 is 0 Å². The van der Waals surface area contributed by atoms with E-state index < -0.39 is 0 Å². The van der Waals surface area contributed by atoms with Crippen LogP contribution in [0.25, 0.3) is 0 Å². The van der Waals surface area contributed by atoms with Gasteiger partial charge < -0.3 is 4.74 Å². The summed E-state index contributed by atoms with van der Waals surface area (Å²) in [5, 5.41) is 0. The Labute approximate surface area is 145 Å². The maximum atomic E-state index is 12.1. The summed E-state index contributed by atoms with van der Waals surface area (Å²) < 4.78 is 5.10. The van der Waals surface area contributed by atoms with Gasteiger partial charge in [0.15, 0.2) is 0 Å². The lowest BCUT2D eigenvalue weighted by Crippen LogP contribution is -2.41. The first-order valence-electron chi connectivity index (χ1n) is 7.99. The van der Waals surface area contributed by atoms with Gasteiger partial charge in [-0.05, 0) is 55.0 Å². The van der Waals surface area contributed by atoms with E-state index in [1.807, 2.05) is 30.3 Å². The van der Waals surface area contributed by atoms with E-state index in [2.05, 4.69) is 10.9 Å². The monoisotopic (exact) mass is 344 g/mol. The highest BCUT2D eigenvalue weighted by Crippen LogP contribution is 2.30. The van der Waals surface area contributed by atoms with Crippen molar-refractivity contribution >= 4 is 23.2 Å². The van der Waals surface area contributed by atoms with Gasteiger partial charge in [0.2, 0.25) is 5.91 Å². The minimum atomic E-state index is -0.243. The Balaban J connectivity index is 1.43. The van der Waals surface area contributed by atoms with E-state index in [9.17, 15) is 9.59 Å². The van der Waals surface area contributed by atoms with Gasteiger partial charge in [0.25, 0.3) is 5.91 Å². The maximum Gasteiger partial charge on any atom is 0.279 e. The molecule has 1 aliphatic carbocycles. The SMILES string of the molecule is COc1ccc(CCC(=O)NNC(=O)c2cc3c(s2)CCC3)cc1. The number of benzene rings is 1. The number of aryl methyl sites for hydroxylation is 3. The fourth-order valence-electron chi connectivity index (χ4n) is 2.74. The molecule has 0 spiro atoms. The lowest BCUT2D eigenvalue weighted by Gasteiger charge is -2.07. The summed E-state index contributed by atoms with van der Waals surface area (Å²) in [6.07, 6.45) is 4.20. The Morgan fingerprint density at radius 1 is 1.17 bits per heavy atom. The molecule has 2 aromatic rings. The summed E-state index contributed by atoms with van der Waals surface area (Å²) >= 11 is 1.52. The van der Waals surface area contributed by atoms with Gasteiger partial charge in [0.05, 0.1) is 12.0 Å². The van der Waals surface area contributed by atoms with Gasteiger partial charge in [-0.3, -0.25) is 20.4 Å². The molecule has 0 atom stereocenters. The fourth-order valence-corrected chi connectivity index (χ4v) is 3.89. The van der Waals surface area contributed by atoms with Crippen LogP contribution in [0.3, 0.4) is 0 Å². The molecule has 1 aromatic carbocycles. The molecule has 0 saturated carbocycles. The summed E-state index contributed by atoms with van der Waals surface area (Å²) in [4.78, 5) is 25.9. The molecule has 2 N–H and O–H groups in total. The second-order valence-corrected chi connectivity index (χ2v) is 6.90. The number of amides is 2. The van der Waals surface area contributed by atoms with Crippen molar-refractivity contribution in [3.8, 4) is 5.75 Å². The van der Waals surface area contributed by atoms with Crippen LogP contribution in [0.5, 0.6) is 5.75 Å². The zero-order valence-electron chi connectivity index (χ0n) is 13.6. The number of nitrogens with one attached hydrogen (secondary N) is 2. The number of rotatable bonds is 5. The average Bonchev–Trinajstić information content (AvgIpc) is 3.20. The van der Waals surface area contributed by atoms with Crippen LogP contribution < -0.4 is 15.6 Å². The lowest BCUT2D eigenvalue weighted by atomic mass is 10.1. The molecule has 0 aliphatic heterocycles. The Kier molecular flexibility index (Phi) is 5.15. The minimum Gasteiger partial charge on any atom is -0.497 e. The van der Waals surface area contributed by atoms with Crippen LogP contribution >= 0.6 is 11.3 Å². The number of hydrazine groups is 1. The summed E-state index contributed by atoms with van der Waals surface area (Å²) in [7, 11) is 1.62. The number of thiophene rings is 1. The number of hydrogen-bond donors (Lipinski definition) is 2. The zero-order valence-corrected chi connectivity index (χ0v) is 14.4. The molecule has 6 heteroatoms. The quantitative estimate of drug-likeness (QED) is 0.820. The van der Waals surface area contributed by atoms with Crippen molar-refractivity contribution in [1.29, 1.82) is 0 Å². The van der Waals surface area contributed by atoms with Crippen molar-refractivity contribution in [3.05, 3.63) is 51.2 Å². The van der Waals surface area contributed by atoms with E-state index >= 15 is 0 Å². The zero-order chi connectivity index (χ0) is 16.9. The Morgan fingerprint density at radius 3 is 2.67 bits per heavy atom. The van der Waals surface area contributed by atoms with Crippen LogP contribution in [0, 0.1) is 0 Å². The third-order valence-electron chi connectivity index (χ3n) is 4.09. The summed E-state index contributed by atoms with van der Waals surface area (Å²) in [5.41, 5.74) is 7.30. The predicted octanol–water partition coefficient (Wildman–Crippen LogP) is 2.64. The molecule has 0 bridgehead atoms. The highest BCUT2D eigenvalue weighted by atomic mass is 32.1. The number of hydrogen-bond acceptors (Lipinski definition) is 4. The molecule has 1 heterocycles.